The average molecular weight is 365 g/mol. The van der Waals surface area contributed by atoms with Crippen molar-refractivity contribution in [3.05, 3.63) is 76.6 Å². The molecule has 0 saturated carbocycles. The van der Waals surface area contributed by atoms with E-state index >= 15 is 0 Å². The second-order valence-electron chi connectivity index (χ2n) is 5.70. The van der Waals surface area contributed by atoms with Crippen LogP contribution < -0.4 is 15.4 Å². The minimum Gasteiger partial charge on any atom is -0.497 e. The van der Waals surface area contributed by atoms with Gasteiger partial charge >= 0.3 is 5.69 Å². The number of benzene rings is 2. The maximum absolute atomic E-state index is 11.6. The van der Waals surface area contributed by atoms with Crippen LogP contribution in [-0.4, -0.2) is 28.5 Å². The van der Waals surface area contributed by atoms with Crippen LogP contribution in [0.1, 0.15) is 5.56 Å². The largest absolute Gasteiger partial charge is 0.497 e. The smallest absolute Gasteiger partial charge is 0.353 e. The highest BCUT2D eigenvalue weighted by Gasteiger charge is 2.23. The number of nitrogens with zero attached hydrogens (tertiary/aromatic N) is 3. The summed E-state index contributed by atoms with van der Waals surface area (Å²) < 4.78 is 5.17. The third-order valence-corrected chi connectivity index (χ3v) is 3.89. The normalized spacial score (nSPS) is 10.3. The number of methoxy groups -OCH3 is 1. The molecule has 0 spiro atoms. The summed E-state index contributed by atoms with van der Waals surface area (Å²) in [6.45, 7) is 0.514. The van der Waals surface area contributed by atoms with Gasteiger partial charge in [0.15, 0.2) is 0 Å². The number of ether oxygens (including phenoxy) is 1. The van der Waals surface area contributed by atoms with Gasteiger partial charge in [0.2, 0.25) is 11.6 Å². The SMILES string of the molecule is COc1cccc(Nc2ncnc(NCCc3ccccc3)c2[N+](=O)[O-])c1. The summed E-state index contributed by atoms with van der Waals surface area (Å²) in [5.41, 5.74) is 1.57. The van der Waals surface area contributed by atoms with Gasteiger partial charge in [0.1, 0.15) is 12.1 Å². The third-order valence-electron chi connectivity index (χ3n) is 3.89. The van der Waals surface area contributed by atoms with Crippen molar-refractivity contribution in [2.45, 2.75) is 6.42 Å². The first-order valence-corrected chi connectivity index (χ1v) is 8.35. The maximum atomic E-state index is 11.6. The molecule has 0 unspecified atom stereocenters. The lowest BCUT2D eigenvalue weighted by Crippen LogP contribution is -2.10. The first-order valence-electron chi connectivity index (χ1n) is 8.35. The molecule has 0 radical (unpaired) electrons. The van der Waals surface area contributed by atoms with Gasteiger partial charge in [0.25, 0.3) is 0 Å². The topological polar surface area (TPSA) is 102 Å². The van der Waals surface area contributed by atoms with Crippen LogP contribution in [0.15, 0.2) is 60.9 Å². The van der Waals surface area contributed by atoms with Crippen molar-refractivity contribution in [3.63, 3.8) is 0 Å². The van der Waals surface area contributed by atoms with Gasteiger partial charge in [-0.05, 0) is 24.1 Å². The molecule has 0 aliphatic carbocycles. The highest BCUT2D eigenvalue weighted by Crippen LogP contribution is 2.31. The maximum Gasteiger partial charge on any atom is 0.353 e. The minimum absolute atomic E-state index is 0.116. The fourth-order valence-electron chi connectivity index (χ4n) is 2.58. The van der Waals surface area contributed by atoms with Gasteiger partial charge < -0.3 is 15.4 Å². The lowest BCUT2D eigenvalue weighted by atomic mass is 10.1. The zero-order chi connectivity index (χ0) is 19.1. The molecule has 3 rings (SSSR count). The molecule has 0 fully saturated rings. The van der Waals surface area contributed by atoms with E-state index in [9.17, 15) is 10.1 Å². The van der Waals surface area contributed by atoms with Gasteiger partial charge in [-0.1, -0.05) is 36.4 Å². The molecule has 8 heteroatoms. The summed E-state index contributed by atoms with van der Waals surface area (Å²) in [5, 5.41) is 17.6. The summed E-state index contributed by atoms with van der Waals surface area (Å²) in [4.78, 5) is 19.2. The van der Waals surface area contributed by atoms with Crippen molar-refractivity contribution in [2.75, 3.05) is 24.3 Å². The molecule has 0 saturated heterocycles. The van der Waals surface area contributed by atoms with Crippen molar-refractivity contribution in [3.8, 4) is 5.75 Å². The quantitative estimate of drug-likeness (QED) is 0.462. The second-order valence-corrected chi connectivity index (χ2v) is 5.70. The highest BCUT2D eigenvalue weighted by molar-refractivity contribution is 5.74. The molecule has 0 bridgehead atoms. The van der Waals surface area contributed by atoms with Crippen LogP contribution in [0.5, 0.6) is 5.75 Å². The fraction of sp³-hybridized carbons (Fsp3) is 0.158. The van der Waals surface area contributed by atoms with E-state index < -0.39 is 4.92 Å². The highest BCUT2D eigenvalue weighted by atomic mass is 16.6. The van der Waals surface area contributed by atoms with Crippen molar-refractivity contribution in [1.29, 1.82) is 0 Å². The van der Waals surface area contributed by atoms with E-state index in [1.807, 2.05) is 30.3 Å². The van der Waals surface area contributed by atoms with Crippen molar-refractivity contribution >= 4 is 23.0 Å². The zero-order valence-corrected chi connectivity index (χ0v) is 14.8. The Bertz CT molecular complexity index is 918. The zero-order valence-electron chi connectivity index (χ0n) is 14.8. The molecule has 0 aliphatic rings. The first kappa shape index (κ1) is 18.1. The van der Waals surface area contributed by atoms with Crippen LogP contribution in [-0.2, 0) is 6.42 Å². The molecule has 8 nitrogen and oxygen atoms in total. The van der Waals surface area contributed by atoms with E-state index in [0.717, 1.165) is 12.0 Å². The Morgan fingerprint density at radius 3 is 2.59 bits per heavy atom. The van der Waals surface area contributed by atoms with E-state index in [2.05, 4.69) is 20.6 Å². The summed E-state index contributed by atoms with van der Waals surface area (Å²) in [7, 11) is 1.56. The van der Waals surface area contributed by atoms with Gasteiger partial charge in [-0.25, -0.2) is 9.97 Å². The van der Waals surface area contributed by atoms with Crippen LogP contribution in [0.2, 0.25) is 0 Å². The molecule has 1 heterocycles. The van der Waals surface area contributed by atoms with Crippen LogP contribution in [0.3, 0.4) is 0 Å². The Hall–Kier alpha value is -3.68. The summed E-state index contributed by atoms with van der Waals surface area (Å²) in [6, 6.07) is 17.0. The summed E-state index contributed by atoms with van der Waals surface area (Å²) >= 11 is 0. The van der Waals surface area contributed by atoms with Gasteiger partial charge in [0, 0.05) is 18.3 Å². The predicted molar refractivity (Wildman–Crippen MR) is 104 cm³/mol. The molecule has 0 atom stereocenters. The lowest BCUT2D eigenvalue weighted by Gasteiger charge is -2.11. The molecule has 27 heavy (non-hydrogen) atoms. The van der Waals surface area contributed by atoms with Crippen molar-refractivity contribution in [2.24, 2.45) is 0 Å². The Morgan fingerprint density at radius 2 is 1.85 bits per heavy atom. The lowest BCUT2D eigenvalue weighted by molar-refractivity contribution is -0.383. The standard InChI is InChI=1S/C19H19N5O3/c1-27-16-9-5-8-15(12-16)23-19-17(24(25)26)18(21-13-22-19)20-11-10-14-6-3-2-4-7-14/h2-9,12-13H,10-11H2,1H3,(H2,20,21,22,23). The number of aromatic nitrogens is 2. The molecular weight excluding hydrogens is 346 g/mol. The van der Waals surface area contributed by atoms with Gasteiger partial charge in [-0.15, -0.1) is 0 Å². The monoisotopic (exact) mass is 365 g/mol. The Kier molecular flexibility index (Phi) is 5.78. The van der Waals surface area contributed by atoms with Crippen LogP contribution in [0, 0.1) is 10.1 Å². The molecule has 1 aromatic heterocycles. The third kappa shape index (κ3) is 4.69. The Morgan fingerprint density at radius 1 is 1.07 bits per heavy atom. The Balaban J connectivity index is 1.78. The predicted octanol–water partition coefficient (Wildman–Crippen LogP) is 3.79. The van der Waals surface area contributed by atoms with Crippen LogP contribution >= 0.6 is 0 Å². The Labute approximate surface area is 156 Å². The van der Waals surface area contributed by atoms with E-state index in [1.54, 1.807) is 31.4 Å². The van der Waals surface area contributed by atoms with Gasteiger partial charge in [-0.3, -0.25) is 10.1 Å². The van der Waals surface area contributed by atoms with E-state index in [1.165, 1.54) is 6.33 Å². The van der Waals surface area contributed by atoms with Gasteiger partial charge in [0.05, 0.1) is 12.0 Å². The molecule has 0 aliphatic heterocycles. The second kappa shape index (κ2) is 8.61. The molecular formula is C19H19N5O3. The van der Waals surface area contributed by atoms with Crippen molar-refractivity contribution in [1.82, 2.24) is 9.97 Å². The molecule has 3 aromatic rings. The van der Waals surface area contributed by atoms with E-state index in [4.69, 9.17) is 4.74 Å². The first-order chi connectivity index (χ1) is 13.2. The number of nitrogens with one attached hydrogen (secondary N) is 2. The molecule has 0 amide bonds. The number of hydrogen-bond donors (Lipinski definition) is 2. The number of hydrogen-bond acceptors (Lipinski definition) is 7. The summed E-state index contributed by atoms with van der Waals surface area (Å²) in [6.07, 6.45) is 2.01. The molecule has 138 valence electrons. The van der Waals surface area contributed by atoms with Crippen LogP contribution in [0.25, 0.3) is 0 Å². The number of anilines is 3. The van der Waals surface area contributed by atoms with Crippen LogP contribution in [0.4, 0.5) is 23.0 Å². The van der Waals surface area contributed by atoms with E-state index in [0.29, 0.717) is 18.0 Å². The van der Waals surface area contributed by atoms with Gasteiger partial charge in [-0.2, -0.15) is 0 Å². The summed E-state index contributed by atoms with van der Waals surface area (Å²) in [5.74, 6) is 0.930. The fourth-order valence-corrected chi connectivity index (χ4v) is 2.58. The average Bonchev–Trinajstić information content (AvgIpc) is 2.69. The van der Waals surface area contributed by atoms with Crippen molar-refractivity contribution < 1.29 is 9.66 Å². The number of rotatable bonds is 8. The van der Waals surface area contributed by atoms with E-state index in [-0.39, 0.29) is 17.3 Å². The number of nitro groups is 1. The molecule has 2 N–H and O–H groups in total. The molecule has 2 aromatic carbocycles. The minimum atomic E-state index is -0.493.